The van der Waals surface area contributed by atoms with Crippen molar-refractivity contribution in [2.75, 3.05) is 40.1 Å². The summed E-state index contributed by atoms with van der Waals surface area (Å²) in [6.07, 6.45) is 1.94. The van der Waals surface area contributed by atoms with Gasteiger partial charge < -0.3 is 24.5 Å². The number of rotatable bonds is 10. The van der Waals surface area contributed by atoms with Crippen LogP contribution in [0.15, 0.2) is 18.3 Å². The van der Waals surface area contributed by atoms with Crippen molar-refractivity contribution in [3.05, 3.63) is 24.0 Å². The Kier molecular flexibility index (Phi) is 7.59. The fraction of sp³-hybridized carbons (Fsp3) is 0.583. The zero-order valence-electron chi connectivity index (χ0n) is 10.6. The molecule has 102 valence electrons. The maximum atomic E-state index is 5.60. The summed E-state index contributed by atoms with van der Waals surface area (Å²) in [7, 11) is 1.65. The van der Waals surface area contributed by atoms with Crippen molar-refractivity contribution < 1.29 is 14.2 Å². The van der Waals surface area contributed by atoms with E-state index in [-0.39, 0.29) is 0 Å². The molecule has 1 aromatic rings. The predicted octanol–water partition coefficient (Wildman–Crippen LogP) is 0.802. The fourth-order valence-corrected chi connectivity index (χ4v) is 1.65. The number of ether oxygens (including phenoxy) is 3. The van der Waals surface area contributed by atoms with Crippen molar-refractivity contribution in [3.63, 3.8) is 0 Å². The van der Waals surface area contributed by atoms with E-state index in [1.165, 1.54) is 0 Å². The van der Waals surface area contributed by atoms with Gasteiger partial charge >= 0.3 is 0 Å². The van der Waals surface area contributed by atoms with Gasteiger partial charge in [0.2, 0.25) is 0 Å². The molecule has 0 bridgehead atoms. The summed E-state index contributed by atoms with van der Waals surface area (Å²) in [5.41, 5.74) is 6.46. The van der Waals surface area contributed by atoms with Crippen LogP contribution in [0.25, 0.3) is 0 Å². The van der Waals surface area contributed by atoms with Gasteiger partial charge in [0.1, 0.15) is 4.99 Å². The molecule has 0 saturated carbocycles. The van der Waals surface area contributed by atoms with Crippen LogP contribution in [-0.2, 0) is 20.8 Å². The van der Waals surface area contributed by atoms with E-state index < -0.39 is 0 Å². The molecule has 2 N–H and O–H groups in total. The van der Waals surface area contributed by atoms with Gasteiger partial charge in [-0.2, -0.15) is 0 Å². The molecule has 0 aliphatic rings. The van der Waals surface area contributed by atoms with E-state index >= 15 is 0 Å². The average molecular weight is 272 g/mol. The second-order valence-electron chi connectivity index (χ2n) is 3.67. The lowest BCUT2D eigenvalue weighted by Crippen LogP contribution is -2.18. The molecule has 0 aliphatic carbocycles. The predicted molar refractivity (Wildman–Crippen MR) is 73.8 cm³/mol. The van der Waals surface area contributed by atoms with E-state index in [2.05, 4.69) is 0 Å². The first-order chi connectivity index (χ1) is 8.75. The first-order valence-corrected chi connectivity index (χ1v) is 6.26. The van der Waals surface area contributed by atoms with Crippen molar-refractivity contribution in [1.29, 1.82) is 0 Å². The number of methoxy groups -OCH3 is 1. The summed E-state index contributed by atoms with van der Waals surface area (Å²) >= 11 is 4.95. The van der Waals surface area contributed by atoms with E-state index in [0.717, 1.165) is 12.2 Å². The largest absolute Gasteiger partial charge is 0.388 e. The molecule has 0 spiro atoms. The van der Waals surface area contributed by atoms with Gasteiger partial charge in [0.15, 0.2) is 0 Å². The van der Waals surface area contributed by atoms with Gasteiger partial charge in [-0.05, 0) is 12.1 Å². The Hall–Kier alpha value is -0.950. The zero-order valence-corrected chi connectivity index (χ0v) is 11.4. The number of aromatic nitrogens is 1. The lowest BCUT2D eigenvalue weighted by molar-refractivity contribution is 0.0230. The minimum atomic E-state index is 0.405. The Balaban J connectivity index is 2.07. The van der Waals surface area contributed by atoms with Crippen LogP contribution in [0.5, 0.6) is 0 Å². The minimum absolute atomic E-state index is 0.405. The van der Waals surface area contributed by atoms with Crippen LogP contribution in [0.1, 0.15) is 5.69 Å². The zero-order chi connectivity index (χ0) is 13.2. The number of hydrogen-bond donors (Lipinski definition) is 1. The molecule has 1 heterocycles. The third-order valence-electron chi connectivity index (χ3n) is 2.36. The van der Waals surface area contributed by atoms with Crippen LogP contribution in [0.2, 0.25) is 0 Å². The molecule has 0 aromatic carbocycles. The van der Waals surface area contributed by atoms with Gasteiger partial charge in [0.25, 0.3) is 0 Å². The average Bonchev–Trinajstić information content (AvgIpc) is 2.81. The van der Waals surface area contributed by atoms with Crippen molar-refractivity contribution >= 4 is 17.2 Å². The topological polar surface area (TPSA) is 58.6 Å². The molecular weight excluding hydrogens is 252 g/mol. The number of thiocarbonyl (C=S) groups is 1. The summed E-state index contributed by atoms with van der Waals surface area (Å²) in [6.45, 7) is 3.71. The van der Waals surface area contributed by atoms with E-state index in [9.17, 15) is 0 Å². The fourth-order valence-electron chi connectivity index (χ4n) is 1.46. The van der Waals surface area contributed by atoms with Crippen molar-refractivity contribution in [2.24, 2.45) is 5.73 Å². The van der Waals surface area contributed by atoms with Gasteiger partial charge in [-0.25, -0.2) is 0 Å². The third-order valence-corrected chi connectivity index (χ3v) is 2.57. The molecule has 0 saturated heterocycles. The van der Waals surface area contributed by atoms with Crippen LogP contribution in [-0.4, -0.2) is 49.7 Å². The van der Waals surface area contributed by atoms with Gasteiger partial charge in [-0.15, -0.1) is 0 Å². The second-order valence-corrected chi connectivity index (χ2v) is 4.11. The molecule has 6 heteroatoms. The molecule has 1 aromatic heterocycles. The maximum Gasteiger partial charge on any atom is 0.120 e. The molecule has 1 rings (SSSR count). The normalized spacial score (nSPS) is 10.7. The van der Waals surface area contributed by atoms with E-state index in [4.69, 9.17) is 32.2 Å². The van der Waals surface area contributed by atoms with Gasteiger partial charge in [-0.3, -0.25) is 0 Å². The third kappa shape index (κ3) is 5.59. The molecule has 0 fully saturated rings. The summed E-state index contributed by atoms with van der Waals surface area (Å²) in [4.78, 5) is 0.405. The summed E-state index contributed by atoms with van der Waals surface area (Å²) < 4.78 is 17.6. The van der Waals surface area contributed by atoms with Crippen LogP contribution < -0.4 is 5.73 Å². The highest BCUT2D eigenvalue weighted by Crippen LogP contribution is 2.01. The van der Waals surface area contributed by atoms with Gasteiger partial charge in [0, 0.05) is 19.9 Å². The van der Waals surface area contributed by atoms with Crippen molar-refractivity contribution in [3.8, 4) is 0 Å². The first kappa shape index (κ1) is 15.1. The Morgan fingerprint density at radius 1 is 1.22 bits per heavy atom. The number of nitrogens with zero attached hydrogens (tertiary/aromatic N) is 1. The lowest BCUT2D eigenvalue weighted by Gasteiger charge is -2.09. The Morgan fingerprint density at radius 3 is 2.56 bits per heavy atom. The second kappa shape index (κ2) is 9.04. The molecule has 0 atom stereocenters. The number of hydrogen-bond acceptors (Lipinski definition) is 4. The Labute approximate surface area is 113 Å². The highest BCUT2D eigenvalue weighted by atomic mass is 32.1. The molecule has 0 aliphatic heterocycles. The summed E-state index contributed by atoms with van der Waals surface area (Å²) in [5.74, 6) is 0. The van der Waals surface area contributed by atoms with E-state index in [0.29, 0.717) is 38.0 Å². The lowest BCUT2D eigenvalue weighted by atomic mass is 10.4. The van der Waals surface area contributed by atoms with E-state index in [1.807, 2.05) is 22.9 Å². The highest BCUT2D eigenvalue weighted by molar-refractivity contribution is 7.80. The Bertz CT molecular complexity index is 355. The molecule has 5 nitrogen and oxygen atoms in total. The summed E-state index contributed by atoms with van der Waals surface area (Å²) in [6, 6.07) is 3.82. The quantitative estimate of drug-likeness (QED) is 0.504. The minimum Gasteiger partial charge on any atom is -0.388 e. The van der Waals surface area contributed by atoms with Crippen LogP contribution in [0.3, 0.4) is 0 Å². The first-order valence-electron chi connectivity index (χ1n) is 5.85. The summed E-state index contributed by atoms with van der Waals surface area (Å²) in [5, 5.41) is 0. The molecular formula is C12H20N2O3S. The van der Waals surface area contributed by atoms with Crippen LogP contribution in [0.4, 0.5) is 0 Å². The van der Waals surface area contributed by atoms with E-state index in [1.54, 1.807) is 7.11 Å². The molecule has 18 heavy (non-hydrogen) atoms. The molecule has 0 unspecified atom stereocenters. The number of nitrogens with two attached hydrogens (primary N) is 1. The maximum absolute atomic E-state index is 5.60. The van der Waals surface area contributed by atoms with Gasteiger partial charge in [-0.1, -0.05) is 12.2 Å². The Morgan fingerprint density at radius 2 is 1.89 bits per heavy atom. The molecule has 0 radical (unpaired) electrons. The van der Waals surface area contributed by atoms with Gasteiger partial charge in [0.05, 0.1) is 38.7 Å². The van der Waals surface area contributed by atoms with Crippen LogP contribution >= 0.6 is 12.2 Å². The standard InChI is InChI=1S/C12H20N2O3S/c1-15-7-8-17-10-9-16-6-5-14-4-2-3-11(14)12(13)18/h2-4H,5-10H2,1H3,(H2,13,18). The highest BCUT2D eigenvalue weighted by Gasteiger charge is 2.02. The van der Waals surface area contributed by atoms with Crippen molar-refractivity contribution in [1.82, 2.24) is 4.57 Å². The molecule has 0 amide bonds. The smallest absolute Gasteiger partial charge is 0.120 e. The monoisotopic (exact) mass is 272 g/mol. The SMILES string of the molecule is COCCOCCOCCn1cccc1C(N)=S. The van der Waals surface area contributed by atoms with Crippen molar-refractivity contribution in [2.45, 2.75) is 6.54 Å². The van der Waals surface area contributed by atoms with Crippen LogP contribution in [0, 0.1) is 0 Å².